The molecule has 0 bridgehead atoms. The van der Waals surface area contributed by atoms with Crippen molar-refractivity contribution in [2.24, 2.45) is 0 Å². The van der Waals surface area contributed by atoms with Crippen molar-refractivity contribution in [3.05, 3.63) is 70.6 Å². The normalized spacial score (nSPS) is 12.3. The monoisotopic (exact) mass is 350 g/mol. The summed E-state index contributed by atoms with van der Waals surface area (Å²) in [7, 11) is 0. The lowest BCUT2D eigenvalue weighted by Gasteiger charge is -2.10. The van der Waals surface area contributed by atoms with Crippen LogP contribution in [0.15, 0.2) is 47.0 Å². The van der Waals surface area contributed by atoms with E-state index in [0.717, 1.165) is 11.6 Å². The lowest BCUT2D eigenvalue weighted by atomic mass is 10.1. The minimum Gasteiger partial charge on any atom is -0.333 e. The zero-order valence-corrected chi connectivity index (χ0v) is 13.6. The van der Waals surface area contributed by atoms with Gasteiger partial charge in [-0.25, -0.2) is 8.78 Å². The maximum atomic E-state index is 13.8. The molecule has 0 aliphatic carbocycles. The lowest BCUT2D eigenvalue weighted by molar-refractivity contribution is -0.710. The number of hydrogen-bond acceptors (Lipinski definition) is 3. The van der Waals surface area contributed by atoms with E-state index in [4.69, 9.17) is 16.1 Å². The molecule has 0 unspecified atom stereocenters. The fourth-order valence-electron chi connectivity index (χ4n) is 2.33. The molecule has 0 amide bonds. The van der Waals surface area contributed by atoms with Gasteiger partial charge in [-0.1, -0.05) is 16.8 Å². The summed E-state index contributed by atoms with van der Waals surface area (Å²) in [4.78, 5) is 4.31. The Balaban J connectivity index is 1.65. The molecule has 4 nitrogen and oxygen atoms in total. The number of halogens is 3. The third-order valence-corrected chi connectivity index (χ3v) is 3.92. The second-order valence-electron chi connectivity index (χ2n) is 5.41. The average molecular weight is 351 g/mol. The number of nitrogens with zero attached hydrogens (tertiary/aromatic N) is 2. The Bertz CT molecular complexity index is 836. The first-order valence-electron chi connectivity index (χ1n) is 7.40. The van der Waals surface area contributed by atoms with E-state index in [0.29, 0.717) is 28.8 Å². The summed E-state index contributed by atoms with van der Waals surface area (Å²) >= 11 is 5.85. The molecular formula is C17H15ClF2N3O+. The highest BCUT2D eigenvalue weighted by atomic mass is 35.5. The molecule has 0 saturated carbocycles. The number of rotatable bonds is 5. The summed E-state index contributed by atoms with van der Waals surface area (Å²) in [6.45, 7) is 2.21. The molecule has 2 aromatic carbocycles. The van der Waals surface area contributed by atoms with Gasteiger partial charge in [-0.05, 0) is 43.3 Å². The third-order valence-electron chi connectivity index (χ3n) is 3.67. The highest BCUT2D eigenvalue weighted by Gasteiger charge is 2.17. The van der Waals surface area contributed by atoms with E-state index in [1.54, 1.807) is 24.3 Å². The highest BCUT2D eigenvalue weighted by molar-refractivity contribution is 6.30. The SMILES string of the molecule is C[C@H]([NH2+]Cc1nc(-c2ccc(Cl)cc2)no1)c1ccc(F)cc1F. The summed E-state index contributed by atoms with van der Waals surface area (Å²) in [5.41, 5.74) is 1.22. The number of aromatic nitrogens is 2. The lowest BCUT2D eigenvalue weighted by Crippen LogP contribution is -2.83. The van der Waals surface area contributed by atoms with Crippen molar-refractivity contribution in [2.45, 2.75) is 19.5 Å². The van der Waals surface area contributed by atoms with E-state index in [-0.39, 0.29) is 6.04 Å². The van der Waals surface area contributed by atoms with Gasteiger partial charge in [0.2, 0.25) is 5.82 Å². The van der Waals surface area contributed by atoms with Gasteiger partial charge in [0.15, 0.2) is 6.54 Å². The van der Waals surface area contributed by atoms with E-state index in [1.807, 2.05) is 12.2 Å². The Morgan fingerprint density at radius 3 is 2.62 bits per heavy atom. The van der Waals surface area contributed by atoms with Crippen LogP contribution in [0.25, 0.3) is 11.4 Å². The summed E-state index contributed by atoms with van der Waals surface area (Å²) in [6.07, 6.45) is 0. The zero-order chi connectivity index (χ0) is 17.1. The van der Waals surface area contributed by atoms with Gasteiger partial charge in [-0.2, -0.15) is 4.98 Å². The quantitative estimate of drug-likeness (QED) is 0.766. The van der Waals surface area contributed by atoms with Crippen molar-refractivity contribution in [1.82, 2.24) is 10.1 Å². The van der Waals surface area contributed by atoms with Crippen molar-refractivity contribution < 1.29 is 18.6 Å². The number of quaternary nitrogens is 1. The Kier molecular flexibility index (Phi) is 4.87. The second-order valence-corrected chi connectivity index (χ2v) is 5.85. The van der Waals surface area contributed by atoms with E-state index >= 15 is 0 Å². The first-order valence-corrected chi connectivity index (χ1v) is 7.77. The predicted molar refractivity (Wildman–Crippen MR) is 85.1 cm³/mol. The average Bonchev–Trinajstić information content (AvgIpc) is 3.02. The van der Waals surface area contributed by atoms with Gasteiger partial charge < -0.3 is 9.84 Å². The van der Waals surface area contributed by atoms with Crippen LogP contribution in [0.3, 0.4) is 0 Å². The van der Waals surface area contributed by atoms with E-state index < -0.39 is 11.6 Å². The van der Waals surface area contributed by atoms with Gasteiger partial charge in [0.05, 0.1) is 0 Å². The molecule has 1 aromatic heterocycles. The molecule has 0 saturated heterocycles. The van der Waals surface area contributed by atoms with Gasteiger partial charge in [-0.15, -0.1) is 0 Å². The van der Waals surface area contributed by atoms with Crippen LogP contribution in [0.2, 0.25) is 5.02 Å². The molecule has 2 N–H and O–H groups in total. The summed E-state index contributed by atoms with van der Waals surface area (Å²) < 4.78 is 31.9. The Morgan fingerprint density at radius 1 is 1.17 bits per heavy atom. The maximum absolute atomic E-state index is 13.8. The van der Waals surface area contributed by atoms with Crippen molar-refractivity contribution in [3.8, 4) is 11.4 Å². The van der Waals surface area contributed by atoms with Gasteiger partial charge in [-0.3, -0.25) is 0 Å². The Morgan fingerprint density at radius 2 is 1.92 bits per heavy atom. The maximum Gasteiger partial charge on any atom is 0.282 e. The third kappa shape index (κ3) is 3.77. The van der Waals surface area contributed by atoms with Crippen LogP contribution in [0, 0.1) is 11.6 Å². The molecule has 7 heteroatoms. The van der Waals surface area contributed by atoms with Gasteiger partial charge in [0, 0.05) is 22.2 Å². The van der Waals surface area contributed by atoms with Crippen LogP contribution < -0.4 is 5.32 Å². The number of hydrogen-bond donors (Lipinski definition) is 1. The smallest absolute Gasteiger partial charge is 0.282 e. The molecule has 1 atom stereocenters. The number of nitrogens with two attached hydrogens (primary N) is 1. The second kappa shape index (κ2) is 7.07. The molecule has 24 heavy (non-hydrogen) atoms. The topological polar surface area (TPSA) is 55.5 Å². The molecule has 0 aliphatic rings. The first kappa shape index (κ1) is 16.5. The van der Waals surface area contributed by atoms with Crippen LogP contribution in [-0.2, 0) is 6.54 Å². The fourth-order valence-corrected chi connectivity index (χ4v) is 2.46. The highest BCUT2D eigenvalue weighted by Crippen LogP contribution is 2.19. The molecule has 3 rings (SSSR count). The molecule has 1 heterocycles. The zero-order valence-electron chi connectivity index (χ0n) is 12.8. The van der Waals surface area contributed by atoms with Crippen molar-refractivity contribution in [3.63, 3.8) is 0 Å². The summed E-state index contributed by atoms with van der Waals surface area (Å²) in [5, 5.41) is 6.40. The van der Waals surface area contributed by atoms with Crippen LogP contribution in [-0.4, -0.2) is 10.1 Å². The standard InChI is InChI=1S/C17H14ClF2N3O/c1-10(14-7-6-13(19)8-15(14)20)21-9-16-22-17(23-24-16)11-2-4-12(18)5-3-11/h2-8,10,21H,9H2,1H3/p+1/t10-/m0/s1. The van der Waals surface area contributed by atoms with E-state index in [1.165, 1.54) is 12.1 Å². The minimum absolute atomic E-state index is 0.212. The Labute approximate surface area is 142 Å². The molecule has 3 aromatic rings. The Hall–Kier alpha value is -2.31. The molecule has 0 fully saturated rings. The van der Waals surface area contributed by atoms with Crippen LogP contribution in [0.4, 0.5) is 8.78 Å². The first-order chi connectivity index (χ1) is 11.5. The van der Waals surface area contributed by atoms with Crippen molar-refractivity contribution in [2.75, 3.05) is 0 Å². The van der Waals surface area contributed by atoms with Crippen LogP contribution in [0.1, 0.15) is 24.4 Å². The molecule has 124 valence electrons. The minimum atomic E-state index is -0.590. The molecule has 0 spiro atoms. The van der Waals surface area contributed by atoms with Gasteiger partial charge >= 0.3 is 0 Å². The molecule has 0 aliphatic heterocycles. The van der Waals surface area contributed by atoms with Crippen molar-refractivity contribution >= 4 is 11.6 Å². The largest absolute Gasteiger partial charge is 0.333 e. The van der Waals surface area contributed by atoms with E-state index in [9.17, 15) is 8.78 Å². The van der Waals surface area contributed by atoms with Crippen LogP contribution >= 0.6 is 11.6 Å². The summed E-state index contributed by atoms with van der Waals surface area (Å²) in [6, 6.07) is 10.5. The van der Waals surface area contributed by atoms with Gasteiger partial charge in [0.25, 0.3) is 5.89 Å². The van der Waals surface area contributed by atoms with Gasteiger partial charge in [0.1, 0.15) is 17.7 Å². The summed E-state index contributed by atoms with van der Waals surface area (Å²) in [5.74, 6) is -0.260. The molecule has 0 radical (unpaired) electrons. The van der Waals surface area contributed by atoms with Crippen LogP contribution in [0.5, 0.6) is 0 Å². The van der Waals surface area contributed by atoms with Crippen molar-refractivity contribution in [1.29, 1.82) is 0 Å². The predicted octanol–water partition coefficient (Wildman–Crippen LogP) is 3.49. The number of benzene rings is 2. The molecular weight excluding hydrogens is 336 g/mol. The fraction of sp³-hybridized carbons (Fsp3) is 0.176. The van der Waals surface area contributed by atoms with E-state index in [2.05, 4.69) is 10.1 Å².